The monoisotopic (exact) mass is 568 g/mol. The number of halogens is 2. The maximum absolute atomic E-state index is 14.4. The molecule has 2 aliphatic heterocycles. The van der Waals surface area contributed by atoms with E-state index in [4.69, 9.17) is 14.2 Å². The molecule has 0 unspecified atom stereocenters. The van der Waals surface area contributed by atoms with Crippen molar-refractivity contribution < 1.29 is 27.8 Å². The third-order valence-electron chi connectivity index (χ3n) is 8.43. The Hall–Kier alpha value is -3.13. The van der Waals surface area contributed by atoms with Crippen molar-refractivity contribution in [3.05, 3.63) is 58.7 Å². The van der Waals surface area contributed by atoms with Gasteiger partial charge in [-0.2, -0.15) is 0 Å². The van der Waals surface area contributed by atoms with Gasteiger partial charge in [-0.1, -0.05) is 30.9 Å². The minimum Gasteiger partial charge on any atom is -0.493 e. The quantitative estimate of drug-likeness (QED) is 0.324. The fourth-order valence-electron chi connectivity index (χ4n) is 6.49. The van der Waals surface area contributed by atoms with Crippen LogP contribution in [-0.2, 0) is 0 Å². The van der Waals surface area contributed by atoms with Crippen molar-refractivity contribution in [2.45, 2.75) is 77.5 Å². The molecule has 1 saturated heterocycles. The predicted octanol–water partition coefficient (Wildman–Crippen LogP) is 7.07. The lowest BCUT2D eigenvalue weighted by atomic mass is 9.89. The Balaban J connectivity index is 1.41. The van der Waals surface area contributed by atoms with Crippen LogP contribution in [0.4, 0.5) is 8.78 Å². The molecular weight excluding hydrogens is 526 g/mol. The van der Waals surface area contributed by atoms with E-state index in [2.05, 4.69) is 4.90 Å². The number of nitrogens with zero attached hydrogens (tertiary/aromatic N) is 2. The van der Waals surface area contributed by atoms with Crippen LogP contribution in [0, 0.1) is 17.6 Å². The number of benzene rings is 2. The van der Waals surface area contributed by atoms with Crippen LogP contribution in [0.15, 0.2) is 35.9 Å². The van der Waals surface area contributed by atoms with Gasteiger partial charge in [0.1, 0.15) is 11.6 Å². The Morgan fingerprint density at radius 1 is 1.10 bits per heavy atom. The van der Waals surface area contributed by atoms with E-state index in [0.29, 0.717) is 41.5 Å². The average molecular weight is 569 g/mol. The third-order valence-corrected chi connectivity index (χ3v) is 8.43. The Bertz CT molecular complexity index is 1290. The molecule has 0 spiro atoms. The van der Waals surface area contributed by atoms with Crippen molar-refractivity contribution in [3.8, 4) is 17.2 Å². The molecule has 8 heteroatoms. The van der Waals surface area contributed by atoms with Crippen LogP contribution < -0.4 is 14.2 Å². The predicted molar refractivity (Wildman–Crippen MR) is 155 cm³/mol. The fourth-order valence-corrected chi connectivity index (χ4v) is 6.49. The lowest BCUT2D eigenvalue weighted by molar-refractivity contribution is -0.0439. The normalized spacial score (nSPS) is 20.8. The molecule has 5 rings (SSSR count). The summed E-state index contributed by atoms with van der Waals surface area (Å²) in [6.07, 6.45) is 10.3. The van der Waals surface area contributed by atoms with E-state index >= 15 is 0 Å². The van der Waals surface area contributed by atoms with E-state index in [1.54, 1.807) is 25.3 Å². The number of likely N-dealkylation sites (tertiary alicyclic amines) is 1. The first kappa shape index (κ1) is 29.4. The van der Waals surface area contributed by atoms with Crippen molar-refractivity contribution in [3.63, 3.8) is 0 Å². The molecule has 2 aromatic rings. The number of carbonyl (C=O) groups excluding carboxylic acids is 1. The summed E-state index contributed by atoms with van der Waals surface area (Å²) in [7, 11) is 1.54. The average Bonchev–Trinajstić information content (AvgIpc) is 3.50. The van der Waals surface area contributed by atoms with Gasteiger partial charge in [-0.3, -0.25) is 9.69 Å². The SMILES string of the molecule is COc1cc(C(=O)N(C/C(C)=C/c2ccc(F)cc2F)C[C@@H]2CCCN2CC2CCCCC2)cc2c1OC(C)(C)O2. The number of ether oxygens (including phenoxy) is 3. The number of methoxy groups -OCH3 is 1. The highest BCUT2D eigenvalue weighted by Crippen LogP contribution is 2.47. The summed E-state index contributed by atoms with van der Waals surface area (Å²) < 4.78 is 45.3. The zero-order chi connectivity index (χ0) is 29.1. The minimum absolute atomic E-state index is 0.156. The first-order valence-corrected chi connectivity index (χ1v) is 14.9. The summed E-state index contributed by atoms with van der Waals surface area (Å²) in [6.45, 7) is 8.49. The van der Waals surface area contributed by atoms with Gasteiger partial charge in [0.25, 0.3) is 5.91 Å². The summed E-state index contributed by atoms with van der Waals surface area (Å²) in [5.41, 5.74) is 1.54. The smallest absolute Gasteiger partial charge is 0.254 e. The molecule has 1 amide bonds. The van der Waals surface area contributed by atoms with Gasteiger partial charge >= 0.3 is 0 Å². The van der Waals surface area contributed by atoms with Gasteiger partial charge in [0.05, 0.1) is 7.11 Å². The lowest BCUT2D eigenvalue weighted by Gasteiger charge is -2.34. The highest BCUT2D eigenvalue weighted by molar-refractivity contribution is 5.96. The molecule has 0 aromatic heterocycles. The maximum Gasteiger partial charge on any atom is 0.254 e. The number of fused-ring (bicyclic) bond motifs is 1. The summed E-state index contributed by atoms with van der Waals surface area (Å²) in [6, 6.07) is 7.22. The Labute approximate surface area is 242 Å². The van der Waals surface area contributed by atoms with Gasteiger partial charge in [0.2, 0.25) is 11.5 Å². The maximum atomic E-state index is 14.4. The Kier molecular flexibility index (Phi) is 8.88. The largest absolute Gasteiger partial charge is 0.493 e. The van der Waals surface area contributed by atoms with Crippen LogP contribution in [-0.4, -0.2) is 60.8 Å². The number of amides is 1. The van der Waals surface area contributed by atoms with E-state index < -0.39 is 17.4 Å². The number of hydrogen-bond donors (Lipinski definition) is 0. The Morgan fingerprint density at radius 3 is 2.61 bits per heavy atom. The van der Waals surface area contributed by atoms with E-state index in [9.17, 15) is 13.6 Å². The number of hydrogen-bond acceptors (Lipinski definition) is 5. The van der Waals surface area contributed by atoms with Crippen LogP contribution in [0.1, 0.15) is 81.6 Å². The Morgan fingerprint density at radius 2 is 1.88 bits per heavy atom. The van der Waals surface area contributed by atoms with Crippen LogP contribution in [0.5, 0.6) is 17.2 Å². The molecule has 1 aliphatic carbocycles. The van der Waals surface area contributed by atoms with Crippen LogP contribution in [0.3, 0.4) is 0 Å². The van der Waals surface area contributed by atoms with Gasteiger partial charge < -0.3 is 19.1 Å². The molecular formula is C33H42F2N2O4. The molecule has 2 heterocycles. The van der Waals surface area contributed by atoms with Crippen LogP contribution in [0.2, 0.25) is 0 Å². The van der Waals surface area contributed by atoms with E-state index in [0.717, 1.165) is 43.5 Å². The first-order chi connectivity index (χ1) is 19.6. The van der Waals surface area contributed by atoms with Crippen molar-refractivity contribution >= 4 is 12.0 Å². The van der Waals surface area contributed by atoms with E-state index in [-0.39, 0.29) is 11.9 Å². The van der Waals surface area contributed by atoms with Crippen molar-refractivity contribution in [2.24, 2.45) is 5.92 Å². The summed E-state index contributed by atoms with van der Waals surface area (Å²) in [5.74, 6) is -0.144. The van der Waals surface area contributed by atoms with E-state index in [1.165, 1.54) is 44.2 Å². The molecule has 41 heavy (non-hydrogen) atoms. The third kappa shape index (κ3) is 7.03. The van der Waals surface area contributed by atoms with Crippen LogP contribution in [0.25, 0.3) is 6.08 Å². The molecule has 6 nitrogen and oxygen atoms in total. The second kappa shape index (κ2) is 12.4. The molecule has 1 atom stereocenters. The zero-order valence-electron chi connectivity index (χ0n) is 24.7. The number of carbonyl (C=O) groups is 1. The van der Waals surface area contributed by atoms with Crippen molar-refractivity contribution in [1.29, 1.82) is 0 Å². The summed E-state index contributed by atoms with van der Waals surface area (Å²) >= 11 is 0. The number of rotatable bonds is 9. The fraction of sp³-hybridized carbons (Fsp3) is 0.545. The molecule has 2 fully saturated rings. The van der Waals surface area contributed by atoms with Crippen molar-refractivity contribution in [1.82, 2.24) is 9.80 Å². The molecule has 1 saturated carbocycles. The molecule has 3 aliphatic rings. The van der Waals surface area contributed by atoms with Gasteiger partial charge in [0.15, 0.2) is 11.5 Å². The summed E-state index contributed by atoms with van der Waals surface area (Å²) in [5, 5.41) is 0. The van der Waals surface area contributed by atoms with Crippen molar-refractivity contribution in [2.75, 3.05) is 33.3 Å². The second-order valence-electron chi connectivity index (χ2n) is 12.2. The van der Waals surface area contributed by atoms with Gasteiger partial charge in [-0.25, -0.2) is 8.78 Å². The first-order valence-electron chi connectivity index (χ1n) is 14.9. The molecule has 0 radical (unpaired) electrons. The zero-order valence-corrected chi connectivity index (χ0v) is 24.7. The molecule has 0 N–H and O–H groups in total. The van der Waals surface area contributed by atoms with Gasteiger partial charge in [0, 0.05) is 56.7 Å². The molecule has 0 bridgehead atoms. The van der Waals surface area contributed by atoms with Crippen LogP contribution >= 0.6 is 0 Å². The van der Waals surface area contributed by atoms with Gasteiger partial charge in [-0.15, -0.1) is 0 Å². The van der Waals surface area contributed by atoms with Gasteiger partial charge in [-0.05, 0) is 69.3 Å². The molecule has 2 aromatic carbocycles. The summed E-state index contributed by atoms with van der Waals surface area (Å²) in [4.78, 5) is 18.6. The lowest BCUT2D eigenvalue weighted by Crippen LogP contribution is -2.45. The second-order valence-corrected chi connectivity index (χ2v) is 12.2. The standard InChI is InChI=1S/C33H42F2N2O4/c1-22(15-24-12-13-26(34)18-28(24)35)19-37(21-27-11-8-14-36(27)20-23-9-6-5-7-10-23)32(38)25-16-29(39-4)31-30(17-25)40-33(2,3)41-31/h12-13,15-18,23,27H,5-11,14,19-21H2,1-4H3/b22-15+/t27-/m0/s1. The highest BCUT2D eigenvalue weighted by atomic mass is 19.1. The minimum atomic E-state index is -0.862. The highest BCUT2D eigenvalue weighted by Gasteiger charge is 2.36. The molecule has 222 valence electrons. The topological polar surface area (TPSA) is 51.2 Å². The van der Waals surface area contributed by atoms with E-state index in [1.807, 2.05) is 25.7 Å².